The first-order valence-corrected chi connectivity index (χ1v) is 9.72. The molecule has 0 unspecified atom stereocenters. The minimum Gasteiger partial charge on any atom is -0.464 e. The number of nitrogens with one attached hydrogen (secondary N) is 2. The summed E-state index contributed by atoms with van der Waals surface area (Å²) in [4.78, 5) is 30.7. The van der Waals surface area contributed by atoms with Gasteiger partial charge in [0.1, 0.15) is 11.6 Å². The van der Waals surface area contributed by atoms with E-state index in [4.69, 9.17) is 0 Å². The Morgan fingerprint density at radius 2 is 1.94 bits per heavy atom. The van der Waals surface area contributed by atoms with Gasteiger partial charge < -0.3 is 4.74 Å². The summed E-state index contributed by atoms with van der Waals surface area (Å²) in [5.74, 6) is -0.397. The van der Waals surface area contributed by atoms with Crippen molar-refractivity contribution in [3.63, 3.8) is 0 Å². The number of carbonyl (C=O) groups excluding carboxylic acids is 1. The van der Waals surface area contributed by atoms with Gasteiger partial charge in [-0.1, -0.05) is 42.5 Å². The van der Waals surface area contributed by atoms with Gasteiger partial charge in [-0.15, -0.1) is 0 Å². The van der Waals surface area contributed by atoms with E-state index in [1.165, 1.54) is 7.11 Å². The number of ether oxygens (including phenoxy) is 1. The second-order valence-electron chi connectivity index (χ2n) is 6.71. The van der Waals surface area contributed by atoms with Crippen molar-refractivity contribution in [2.24, 2.45) is 5.10 Å². The molecule has 0 radical (unpaired) electrons. The third-order valence-electron chi connectivity index (χ3n) is 4.60. The number of rotatable bonds is 6. The largest absolute Gasteiger partial charge is 0.464 e. The van der Waals surface area contributed by atoms with E-state index in [0.717, 1.165) is 11.3 Å². The minimum absolute atomic E-state index is 0.0692. The predicted octanol–water partition coefficient (Wildman–Crippen LogP) is 2.73. The normalized spacial score (nSPS) is 10.7. The van der Waals surface area contributed by atoms with E-state index in [1.807, 2.05) is 36.4 Å². The number of nitrogens with zero attached hydrogens (tertiary/aromatic N) is 5. The molecule has 2 N–H and O–H groups in total. The summed E-state index contributed by atoms with van der Waals surface area (Å²) in [5.41, 5.74) is 4.72. The van der Waals surface area contributed by atoms with E-state index in [-0.39, 0.29) is 22.9 Å². The first-order valence-electron chi connectivity index (χ1n) is 9.72. The summed E-state index contributed by atoms with van der Waals surface area (Å²) in [5, 5.41) is 17.6. The zero-order valence-electron chi connectivity index (χ0n) is 17.4. The van der Waals surface area contributed by atoms with Gasteiger partial charge in [-0.25, -0.2) is 19.9 Å². The SMILES string of the molecule is COC(=O)c1ccn(-c2ccc(C=NNc3nc(-c4ccccc4)c(C#N)c(=O)[nH]3)cc2)n1. The van der Waals surface area contributed by atoms with Gasteiger partial charge in [0.15, 0.2) is 5.69 Å². The fourth-order valence-corrected chi connectivity index (χ4v) is 3.00. The van der Waals surface area contributed by atoms with Crippen molar-refractivity contribution >= 4 is 18.1 Å². The maximum Gasteiger partial charge on any atom is 0.358 e. The highest BCUT2D eigenvalue weighted by molar-refractivity contribution is 5.87. The summed E-state index contributed by atoms with van der Waals surface area (Å²) >= 11 is 0. The van der Waals surface area contributed by atoms with Crippen LogP contribution in [0.5, 0.6) is 0 Å². The van der Waals surface area contributed by atoms with Crippen LogP contribution in [0.4, 0.5) is 5.95 Å². The van der Waals surface area contributed by atoms with Crippen LogP contribution in [0.1, 0.15) is 21.6 Å². The van der Waals surface area contributed by atoms with Gasteiger partial charge in [0.05, 0.1) is 24.7 Å². The number of nitriles is 1. The number of anilines is 1. The molecule has 0 saturated carbocycles. The molecule has 2 aromatic carbocycles. The van der Waals surface area contributed by atoms with Crippen LogP contribution < -0.4 is 11.0 Å². The van der Waals surface area contributed by atoms with Crippen LogP contribution in [0.25, 0.3) is 16.9 Å². The zero-order chi connectivity index (χ0) is 23.2. The first-order chi connectivity index (χ1) is 16.1. The van der Waals surface area contributed by atoms with Crippen LogP contribution in [-0.2, 0) is 4.74 Å². The van der Waals surface area contributed by atoms with Gasteiger partial charge in [0, 0.05) is 11.8 Å². The molecule has 0 saturated heterocycles. The summed E-state index contributed by atoms with van der Waals surface area (Å²) < 4.78 is 6.21. The lowest BCUT2D eigenvalue weighted by atomic mass is 10.1. The van der Waals surface area contributed by atoms with E-state index in [9.17, 15) is 14.9 Å². The molecular weight excluding hydrogens is 422 g/mol. The lowest BCUT2D eigenvalue weighted by Crippen LogP contribution is -2.16. The molecule has 0 bridgehead atoms. The van der Waals surface area contributed by atoms with Gasteiger partial charge in [0.25, 0.3) is 5.56 Å². The van der Waals surface area contributed by atoms with Crippen LogP contribution in [-0.4, -0.2) is 39.0 Å². The van der Waals surface area contributed by atoms with Crippen molar-refractivity contribution in [3.8, 4) is 23.0 Å². The third-order valence-corrected chi connectivity index (χ3v) is 4.60. The van der Waals surface area contributed by atoms with Crippen molar-refractivity contribution in [2.75, 3.05) is 12.5 Å². The monoisotopic (exact) mass is 439 g/mol. The number of hydrogen-bond donors (Lipinski definition) is 2. The Kier molecular flexibility index (Phi) is 6.04. The standard InChI is InChI=1S/C23H17N7O3/c1-33-22(32)19-11-12-30(29-19)17-9-7-15(8-10-17)14-25-28-23-26-20(16-5-3-2-4-6-16)18(13-24)21(31)27-23/h2-12,14H,1H3,(H2,26,27,28,31). The second-order valence-corrected chi connectivity index (χ2v) is 6.71. The highest BCUT2D eigenvalue weighted by Gasteiger charge is 2.13. The number of methoxy groups -OCH3 is 1. The zero-order valence-corrected chi connectivity index (χ0v) is 17.4. The van der Waals surface area contributed by atoms with Gasteiger partial charge in [-0.05, 0) is 23.8 Å². The molecule has 10 nitrogen and oxygen atoms in total. The second kappa shape index (κ2) is 9.40. The maximum absolute atomic E-state index is 12.3. The summed E-state index contributed by atoms with van der Waals surface area (Å²) in [6.07, 6.45) is 3.21. The Labute approximate surface area is 187 Å². The number of hydrogen-bond acceptors (Lipinski definition) is 8. The molecule has 0 amide bonds. The lowest BCUT2D eigenvalue weighted by molar-refractivity contribution is 0.0593. The molecule has 0 aliphatic rings. The van der Waals surface area contributed by atoms with Crippen LogP contribution in [0.3, 0.4) is 0 Å². The van der Waals surface area contributed by atoms with Crippen molar-refractivity contribution in [2.45, 2.75) is 0 Å². The Morgan fingerprint density at radius 1 is 1.18 bits per heavy atom. The molecule has 2 aromatic heterocycles. The quantitative estimate of drug-likeness (QED) is 0.268. The number of H-pyrrole nitrogens is 1. The Hall–Kier alpha value is -5.04. The molecule has 33 heavy (non-hydrogen) atoms. The fraction of sp³-hybridized carbons (Fsp3) is 0.0435. The van der Waals surface area contributed by atoms with Gasteiger partial charge in [-0.2, -0.15) is 15.5 Å². The average molecular weight is 439 g/mol. The fourth-order valence-electron chi connectivity index (χ4n) is 3.00. The van der Waals surface area contributed by atoms with E-state index in [2.05, 4.69) is 30.3 Å². The molecule has 10 heteroatoms. The summed E-state index contributed by atoms with van der Waals surface area (Å²) in [6.45, 7) is 0. The molecule has 2 heterocycles. The lowest BCUT2D eigenvalue weighted by Gasteiger charge is -2.06. The highest BCUT2D eigenvalue weighted by atomic mass is 16.5. The van der Waals surface area contributed by atoms with E-state index in [1.54, 1.807) is 47.4 Å². The van der Waals surface area contributed by atoms with Crippen molar-refractivity contribution in [1.82, 2.24) is 19.7 Å². The van der Waals surface area contributed by atoms with Crippen molar-refractivity contribution < 1.29 is 9.53 Å². The van der Waals surface area contributed by atoms with Gasteiger partial charge in [0.2, 0.25) is 5.95 Å². The first kappa shape index (κ1) is 21.2. The Bertz CT molecular complexity index is 1420. The van der Waals surface area contributed by atoms with E-state index in [0.29, 0.717) is 5.56 Å². The van der Waals surface area contributed by atoms with Crippen LogP contribution in [0.2, 0.25) is 0 Å². The molecule has 4 rings (SSSR count). The smallest absolute Gasteiger partial charge is 0.358 e. The van der Waals surface area contributed by atoms with Crippen LogP contribution in [0, 0.1) is 11.3 Å². The molecular formula is C23H17N7O3. The number of hydrazone groups is 1. The number of esters is 1. The highest BCUT2D eigenvalue weighted by Crippen LogP contribution is 2.19. The predicted molar refractivity (Wildman–Crippen MR) is 121 cm³/mol. The summed E-state index contributed by atoms with van der Waals surface area (Å²) in [6, 6.07) is 19.7. The molecule has 0 aliphatic carbocycles. The number of aromatic amines is 1. The van der Waals surface area contributed by atoms with Crippen LogP contribution >= 0.6 is 0 Å². The molecule has 0 atom stereocenters. The summed E-state index contributed by atoms with van der Waals surface area (Å²) in [7, 11) is 1.30. The molecule has 0 fully saturated rings. The number of carbonyl (C=O) groups is 1. The van der Waals surface area contributed by atoms with Gasteiger partial charge in [-0.3, -0.25) is 9.78 Å². The molecule has 4 aromatic rings. The van der Waals surface area contributed by atoms with Crippen molar-refractivity contribution in [3.05, 3.63) is 94.0 Å². The minimum atomic E-state index is -0.557. The Balaban J connectivity index is 1.50. The Morgan fingerprint density at radius 3 is 2.64 bits per heavy atom. The molecule has 162 valence electrons. The van der Waals surface area contributed by atoms with Crippen LogP contribution in [0.15, 0.2) is 76.8 Å². The average Bonchev–Trinajstić information content (AvgIpc) is 3.34. The van der Waals surface area contributed by atoms with Crippen molar-refractivity contribution in [1.29, 1.82) is 5.26 Å². The third kappa shape index (κ3) is 4.67. The number of aromatic nitrogens is 4. The molecule has 0 spiro atoms. The van der Waals surface area contributed by atoms with E-state index >= 15 is 0 Å². The van der Waals surface area contributed by atoms with E-state index < -0.39 is 11.5 Å². The molecule has 0 aliphatic heterocycles. The topological polar surface area (TPSA) is 138 Å². The number of benzene rings is 2. The van der Waals surface area contributed by atoms with Gasteiger partial charge >= 0.3 is 5.97 Å². The maximum atomic E-state index is 12.3.